The second kappa shape index (κ2) is 12.8. The van der Waals surface area contributed by atoms with Crippen LogP contribution in [0.5, 0.6) is 0 Å². The Morgan fingerprint density at radius 2 is 1.24 bits per heavy atom. The monoisotopic (exact) mass is 306 g/mol. The standard InChI is InChI=1S/C16H28F2O3/c1-5-7-20-13(3)9-15(17)11-19-12-16(18)10-14(4)21-8-6-2/h11-14H,5-10H2,1-4H3. The summed E-state index contributed by atoms with van der Waals surface area (Å²) in [6.07, 6.45) is 3.38. The van der Waals surface area contributed by atoms with Crippen LogP contribution in [0.2, 0.25) is 0 Å². The van der Waals surface area contributed by atoms with Gasteiger partial charge < -0.3 is 14.2 Å². The van der Waals surface area contributed by atoms with Crippen molar-refractivity contribution in [2.45, 2.75) is 65.6 Å². The number of hydrogen-bond acceptors (Lipinski definition) is 3. The minimum absolute atomic E-state index is 0.117. The number of halogens is 2. The normalized spacial score (nSPS) is 15.9. The van der Waals surface area contributed by atoms with E-state index in [1.165, 1.54) is 0 Å². The highest BCUT2D eigenvalue weighted by Crippen LogP contribution is 2.13. The topological polar surface area (TPSA) is 27.7 Å². The summed E-state index contributed by atoms with van der Waals surface area (Å²) in [4.78, 5) is 0. The lowest BCUT2D eigenvalue weighted by molar-refractivity contribution is 0.0620. The summed E-state index contributed by atoms with van der Waals surface area (Å²) < 4.78 is 42.3. The van der Waals surface area contributed by atoms with Crippen molar-refractivity contribution in [2.75, 3.05) is 13.2 Å². The SMILES string of the molecule is CCCOC(C)CC(F)=COC=C(F)CC(C)OCCC. The van der Waals surface area contributed by atoms with Crippen molar-refractivity contribution in [3.8, 4) is 0 Å². The average molecular weight is 306 g/mol. The van der Waals surface area contributed by atoms with Crippen molar-refractivity contribution in [3.05, 3.63) is 24.2 Å². The number of rotatable bonds is 12. The molecule has 0 spiro atoms. The lowest BCUT2D eigenvalue weighted by Gasteiger charge is -2.11. The molecule has 0 saturated heterocycles. The summed E-state index contributed by atoms with van der Waals surface area (Å²) in [5.74, 6) is -0.948. The molecule has 0 aromatic carbocycles. The molecule has 2 atom stereocenters. The maximum atomic E-state index is 13.4. The summed E-state index contributed by atoms with van der Waals surface area (Å²) in [5.41, 5.74) is 0. The highest BCUT2D eigenvalue weighted by molar-refractivity contribution is 4.93. The van der Waals surface area contributed by atoms with Crippen LogP contribution in [0.3, 0.4) is 0 Å². The Morgan fingerprint density at radius 3 is 1.57 bits per heavy atom. The third-order valence-corrected chi connectivity index (χ3v) is 2.57. The van der Waals surface area contributed by atoms with Gasteiger partial charge in [0.1, 0.15) is 24.2 Å². The number of ether oxygens (including phenoxy) is 3. The molecule has 0 aromatic heterocycles. The van der Waals surface area contributed by atoms with Gasteiger partial charge in [0.25, 0.3) is 0 Å². The molecule has 5 heteroatoms. The lowest BCUT2D eigenvalue weighted by Crippen LogP contribution is -2.09. The van der Waals surface area contributed by atoms with Crippen LogP contribution in [-0.4, -0.2) is 25.4 Å². The predicted octanol–water partition coefficient (Wildman–Crippen LogP) is 5.04. The fraction of sp³-hybridized carbons (Fsp3) is 0.750. The first-order chi connectivity index (χ1) is 9.99. The minimum Gasteiger partial charge on any atom is -0.467 e. The van der Waals surface area contributed by atoms with Crippen molar-refractivity contribution in [3.63, 3.8) is 0 Å². The molecule has 0 N–H and O–H groups in total. The van der Waals surface area contributed by atoms with Crippen molar-refractivity contribution in [2.24, 2.45) is 0 Å². The van der Waals surface area contributed by atoms with Gasteiger partial charge >= 0.3 is 0 Å². The highest BCUT2D eigenvalue weighted by atomic mass is 19.1. The Bertz CT molecular complexity index is 287. The smallest absolute Gasteiger partial charge is 0.137 e. The van der Waals surface area contributed by atoms with Gasteiger partial charge in [-0.1, -0.05) is 13.8 Å². The van der Waals surface area contributed by atoms with E-state index in [-0.39, 0.29) is 25.0 Å². The van der Waals surface area contributed by atoms with Crippen LogP contribution in [0.25, 0.3) is 0 Å². The number of hydrogen-bond donors (Lipinski definition) is 0. The van der Waals surface area contributed by atoms with Gasteiger partial charge in [-0.25, -0.2) is 8.78 Å². The van der Waals surface area contributed by atoms with Crippen molar-refractivity contribution >= 4 is 0 Å². The zero-order valence-corrected chi connectivity index (χ0v) is 13.5. The summed E-state index contributed by atoms with van der Waals surface area (Å²) in [6, 6.07) is 0. The van der Waals surface area contributed by atoms with E-state index < -0.39 is 11.7 Å². The summed E-state index contributed by atoms with van der Waals surface area (Å²) in [7, 11) is 0. The molecule has 0 aromatic rings. The van der Waals surface area contributed by atoms with E-state index in [9.17, 15) is 8.78 Å². The van der Waals surface area contributed by atoms with Gasteiger partial charge in [0.2, 0.25) is 0 Å². The Balaban J connectivity index is 4.01. The zero-order chi connectivity index (χ0) is 16.1. The van der Waals surface area contributed by atoms with Crippen LogP contribution < -0.4 is 0 Å². The van der Waals surface area contributed by atoms with Crippen molar-refractivity contribution in [1.29, 1.82) is 0 Å². The molecule has 0 amide bonds. The van der Waals surface area contributed by atoms with E-state index in [1.807, 2.05) is 13.8 Å². The van der Waals surface area contributed by atoms with E-state index in [0.717, 1.165) is 25.4 Å². The molecule has 0 aliphatic rings. The predicted molar refractivity (Wildman–Crippen MR) is 80.1 cm³/mol. The van der Waals surface area contributed by atoms with Gasteiger partial charge in [0.05, 0.1) is 12.2 Å². The van der Waals surface area contributed by atoms with Crippen molar-refractivity contribution < 1.29 is 23.0 Å². The maximum Gasteiger partial charge on any atom is 0.137 e. The van der Waals surface area contributed by atoms with Crippen LogP contribution >= 0.6 is 0 Å². The largest absolute Gasteiger partial charge is 0.467 e. The Kier molecular flexibility index (Phi) is 12.2. The molecule has 0 radical (unpaired) electrons. The molecular formula is C16H28F2O3. The lowest BCUT2D eigenvalue weighted by atomic mass is 10.2. The highest BCUT2D eigenvalue weighted by Gasteiger charge is 2.07. The van der Waals surface area contributed by atoms with Crippen LogP contribution in [0, 0.1) is 0 Å². The first-order valence-corrected chi connectivity index (χ1v) is 7.57. The summed E-state index contributed by atoms with van der Waals surface area (Å²) in [5, 5.41) is 0. The molecule has 2 unspecified atom stereocenters. The first-order valence-electron chi connectivity index (χ1n) is 7.57. The second-order valence-corrected chi connectivity index (χ2v) is 5.04. The quantitative estimate of drug-likeness (QED) is 0.473. The van der Waals surface area contributed by atoms with Crippen LogP contribution in [0.15, 0.2) is 24.2 Å². The zero-order valence-electron chi connectivity index (χ0n) is 13.5. The van der Waals surface area contributed by atoms with E-state index in [0.29, 0.717) is 13.2 Å². The molecule has 0 fully saturated rings. The van der Waals surface area contributed by atoms with E-state index in [1.54, 1.807) is 13.8 Å². The molecule has 0 saturated carbocycles. The molecule has 0 aliphatic heterocycles. The van der Waals surface area contributed by atoms with E-state index >= 15 is 0 Å². The van der Waals surface area contributed by atoms with E-state index in [4.69, 9.17) is 14.2 Å². The second-order valence-electron chi connectivity index (χ2n) is 5.04. The Hall–Kier alpha value is -0.940. The molecule has 0 heterocycles. The fourth-order valence-corrected chi connectivity index (χ4v) is 1.58. The van der Waals surface area contributed by atoms with Gasteiger partial charge in [0, 0.05) is 26.1 Å². The molecular weight excluding hydrogens is 278 g/mol. The molecule has 21 heavy (non-hydrogen) atoms. The van der Waals surface area contributed by atoms with Crippen LogP contribution in [0.1, 0.15) is 53.4 Å². The van der Waals surface area contributed by atoms with E-state index in [2.05, 4.69) is 0 Å². The summed E-state index contributed by atoms with van der Waals surface area (Å²) >= 11 is 0. The molecule has 0 bridgehead atoms. The average Bonchev–Trinajstić information content (AvgIpc) is 2.42. The fourth-order valence-electron chi connectivity index (χ4n) is 1.58. The van der Waals surface area contributed by atoms with Gasteiger partial charge in [-0.05, 0) is 26.7 Å². The minimum atomic E-state index is -0.474. The van der Waals surface area contributed by atoms with Crippen LogP contribution in [-0.2, 0) is 14.2 Å². The summed E-state index contributed by atoms with van der Waals surface area (Å²) in [6.45, 7) is 8.74. The maximum absolute atomic E-state index is 13.4. The molecule has 124 valence electrons. The Labute approximate surface area is 127 Å². The molecule has 0 rings (SSSR count). The third-order valence-electron chi connectivity index (χ3n) is 2.57. The third kappa shape index (κ3) is 12.5. The molecule has 3 nitrogen and oxygen atoms in total. The van der Waals surface area contributed by atoms with Gasteiger partial charge in [-0.2, -0.15) is 0 Å². The van der Waals surface area contributed by atoms with Crippen LogP contribution in [0.4, 0.5) is 8.78 Å². The molecule has 0 aliphatic carbocycles. The first kappa shape index (κ1) is 20.1. The van der Waals surface area contributed by atoms with Gasteiger partial charge in [-0.15, -0.1) is 0 Å². The van der Waals surface area contributed by atoms with Gasteiger partial charge in [0.15, 0.2) is 0 Å². The van der Waals surface area contributed by atoms with Gasteiger partial charge in [-0.3, -0.25) is 0 Å². The Morgan fingerprint density at radius 1 is 0.857 bits per heavy atom. The van der Waals surface area contributed by atoms with Crippen molar-refractivity contribution in [1.82, 2.24) is 0 Å².